The number of hydrogen-bond acceptors (Lipinski definition) is 6. The lowest BCUT2D eigenvalue weighted by Gasteiger charge is -2.36. The van der Waals surface area contributed by atoms with Gasteiger partial charge < -0.3 is 15.6 Å². The van der Waals surface area contributed by atoms with Crippen LogP contribution in [0.2, 0.25) is 0 Å². The third kappa shape index (κ3) is 5.69. The molecule has 33 heavy (non-hydrogen) atoms. The van der Waals surface area contributed by atoms with E-state index in [2.05, 4.69) is 20.8 Å². The summed E-state index contributed by atoms with van der Waals surface area (Å²) in [6.45, 7) is 6.64. The van der Waals surface area contributed by atoms with Crippen LogP contribution in [0.4, 0.5) is 5.69 Å². The van der Waals surface area contributed by atoms with Crippen LogP contribution in [-0.2, 0) is 4.74 Å². The Bertz CT molecular complexity index is 1070. The minimum absolute atomic E-state index is 0.0193. The molecule has 1 fully saturated rings. The van der Waals surface area contributed by atoms with Crippen molar-refractivity contribution < 1.29 is 24.2 Å². The van der Waals surface area contributed by atoms with Gasteiger partial charge in [0.05, 0.1) is 5.56 Å². The fourth-order valence-electron chi connectivity index (χ4n) is 4.44. The van der Waals surface area contributed by atoms with Gasteiger partial charge in [0.2, 0.25) is 5.78 Å². The first-order valence-electron chi connectivity index (χ1n) is 11.3. The van der Waals surface area contributed by atoms with Crippen LogP contribution in [0.5, 0.6) is 0 Å². The van der Waals surface area contributed by atoms with Crippen LogP contribution in [0.25, 0.3) is 0 Å². The van der Waals surface area contributed by atoms with Gasteiger partial charge in [-0.3, -0.25) is 9.59 Å². The van der Waals surface area contributed by atoms with E-state index in [1.807, 2.05) is 12.1 Å². The summed E-state index contributed by atoms with van der Waals surface area (Å²) in [7, 11) is 0. The molecule has 0 aromatic heterocycles. The average Bonchev–Trinajstić information content (AvgIpc) is 2.78. The molecule has 0 aliphatic heterocycles. The summed E-state index contributed by atoms with van der Waals surface area (Å²) in [5.41, 5.74) is 7.44. The number of nitrogen functional groups attached to an aromatic ring is 1. The molecule has 174 valence electrons. The Hall–Kier alpha value is -3.41. The number of anilines is 1. The average molecular weight is 450 g/mol. The smallest absolute Gasteiger partial charge is 0.340 e. The Kier molecular flexibility index (Phi) is 7.69. The van der Waals surface area contributed by atoms with Gasteiger partial charge in [0.25, 0.3) is 0 Å². The number of benzene rings is 2. The number of aliphatic hydroxyl groups is 1. The first-order valence-corrected chi connectivity index (χ1v) is 11.3. The number of carbonyl (C=O) groups is 3. The predicted molar refractivity (Wildman–Crippen MR) is 127 cm³/mol. The lowest BCUT2D eigenvalue weighted by Crippen LogP contribution is -2.36. The zero-order valence-corrected chi connectivity index (χ0v) is 19.3. The second-order valence-corrected chi connectivity index (χ2v) is 9.13. The SMILES string of the molecule is CC(C)[C@@H]1CC[C@@H](C)C[C@H]1OC(=O)c1ccccc1N.O=C1C=C(O)C(=O)c2ccccc21. The van der Waals surface area contributed by atoms with Crippen molar-refractivity contribution in [1.29, 1.82) is 0 Å². The monoisotopic (exact) mass is 449 g/mol. The molecule has 6 nitrogen and oxygen atoms in total. The molecular formula is C27H31NO5. The Balaban J connectivity index is 0.000000203. The number of para-hydroxylation sites is 1. The first-order chi connectivity index (χ1) is 15.7. The highest BCUT2D eigenvalue weighted by atomic mass is 16.5. The van der Waals surface area contributed by atoms with Crippen molar-refractivity contribution in [1.82, 2.24) is 0 Å². The summed E-state index contributed by atoms with van der Waals surface area (Å²) in [6, 6.07) is 13.5. The molecule has 2 aliphatic rings. The number of fused-ring (bicyclic) bond motifs is 1. The molecule has 2 aliphatic carbocycles. The van der Waals surface area contributed by atoms with Gasteiger partial charge in [0, 0.05) is 22.9 Å². The summed E-state index contributed by atoms with van der Waals surface area (Å²) in [5, 5.41) is 9.09. The molecule has 2 aromatic rings. The standard InChI is InChI=1S/C17H25NO2.C10H6O3/c1-11(2)13-9-8-12(3)10-16(13)20-17(19)14-6-4-5-7-15(14)18;11-8-5-9(12)10(13)7-4-2-1-3-6(7)8/h4-7,11-13,16H,8-10,18H2,1-3H3;1-5,12H/t12-,13+,16-;/m1./s1. The summed E-state index contributed by atoms with van der Waals surface area (Å²) in [6.07, 6.45) is 4.29. The Morgan fingerprint density at radius 1 is 1.03 bits per heavy atom. The number of nitrogens with two attached hydrogens (primary N) is 1. The highest BCUT2D eigenvalue weighted by molar-refractivity contribution is 6.23. The molecule has 3 atom stereocenters. The van der Waals surface area contributed by atoms with Crippen molar-refractivity contribution in [3.63, 3.8) is 0 Å². The number of carbonyl (C=O) groups excluding carboxylic acids is 3. The molecular weight excluding hydrogens is 418 g/mol. The van der Waals surface area contributed by atoms with Gasteiger partial charge in [0.1, 0.15) is 6.10 Å². The molecule has 4 rings (SSSR count). The lowest BCUT2D eigenvalue weighted by atomic mass is 9.75. The molecule has 0 radical (unpaired) electrons. The number of esters is 1. The zero-order valence-electron chi connectivity index (χ0n) is 19.3. The van der Waals surface area contributed by atoms with Gasteiger partial charge in [-0.05, 0) is 42.7 Å². The van der Waals surface area contributed by atoms with Crippen LogP contribution in [0.15, 0.2) is 60.4 Å². The van der Waals surface area contributed by atoms with E-state index < -0.39 is 11.5 Å². The van der Waals surface area contributed by atoms with Crippen molar-refractivity contribution in [2.75, 3.05) is 5.73 Å². The predicted octanol–water partition coefficient (Wildman–Crippen LogP) is 5.39. The maximum atomic E-state index is 12.3. The number of Topliss-reactive ketones (excluding diaryl/α,β-unsaturated/α-hetero) is 1. The number of ketones is 2. The minimum atomic E-state index is -0.491. The first kappa shape index (κ1) is 24.2. The lowest BCUT2D eigenvalue weighted by molar-refractivity contribution is -0.0173. The maximum absolute atomic E-state index is 12.3. The molecule has 0 amide bonds. The third-order valence-corrected chi connectivity index (χ3v) is 6.34. The van der Waals surface area contributed by atoms with Crippen LogP contribution in [-0.4, -0.2) is 28.7 Å². The van der Waals surface area contributed by atoms with E-state index in [9.17, 15) is 14.4 Å². The van der Waals surface area contributed by atoms with E-state index in [0.717, 1.165) is 18.9 Å². The zero-order chi connectivity index (χ0) is 24.1. The molecule has 2 aromatic carbocycles. The van der Waals surface area contributed by atoms with Crippen molar-refractivity contribution >= 4 is 23.2 Å². The summed E-state index contributed by atoms with van der Waals surface area (Å²) in [5.74, 6) is 0.0314. The summed E-state index contributed by atoms with van der Waals surface area (Å²) in [4.78, 5) is 34.9. The van der Waals surface area contributed by atoms with E-state index in [0.29, 0.717) is 34.6 Å². The second kappa shape index (κ2) is 10.5. The van der Waals surface area contributed by atoms with E-state index in [1.54, 1.807) is 30.3 Å². The fraction of sp³-hybridized carbons (Fsp3) is 0.370. The number of allylic oxidation sites excluding steroid dienone is 2. The molecule has 0 unspecified atom stereocenters. The topological polar surface area (TPSA) is 107 Å². The Morgan fingerprint density at radius 2 is 1.67 bits per heavy atom. The summed E-state index contributed by atoms with van der Waals surface area (Å²) >= 11 is 0. The normalized spacial score (nSPS) is 22.1. The van der Waals surface area contributed by atoms with Crippen LogP contribution < -0.4 is 5.73 Å². The second-order valence-electron chi connectivity index (χ2n) is 9.13. The number of hydrogen-bond donors (Lipinski definition) is 2. The maximum Gasteiger partial charge on any atom is 0.340 e. The largest absolute Gasteiger partial charge is 0.504 e. The van der Waals surface area contributed by atoms with Crippen molar-refractivity contribution in [2.45, 2.75) is 46.1 Å². The van der Waals surface area contributed by atoms with E-state index >= 15 is 0 Å². The highest BCUT2D eigenvalue weighted by Gasteiger charge is 2.33. The molecule has 0 bridgehead atoms. The Morgan fingerprint density at radius 3 is 2.33 bits per heavy atom. The fourth-order valence-corrected chi connectivity index (χ4v) is 4.44. The van der Waals surface area contributed by atoms with Crippen molar-refractivity contribution in [3.05, 3.63) is 77.1 Å². The van der Waals surface area contributed by atoms with Gasteiger partial charge in [-0.1, -0.05) is 63.6 Å². The molecule has 0 heterocycles. The van der Waals surface area contributed by atoms with Crippen molar-refractivity contribution in [3.8, 4) is 0 Å². The number of ether oxygens (including phenoxy) is 1. The van der Waals surface area contributed by atoms with E-state index in [4.69, 9.17) is 15.6 Å². The molecule has 6 heteroatoms. The van der Waals surface area contributed by atoms with Crippen LogP contribution in [0, 0.1) is 17.8 Å². The van der Waals surface area contributed by atoms with Gasteiger partial charge >= 0.3 is 5.97 Å². The van der Waals surface area contributed by atoms with Gasteiger partial charge in [-0.2, -0.15) is 0 Å². The number of aliphatic hydroxyl groups excluding tert-OH is 1. The van der Waals surface area contributed by atoms with Crippen LogP contribution in [0.3, 0.4) is 0 Å². The van der Waals surface area contributed by atoms with Crippen LogP contribution >= 0.6 is 0 Å². The Labute approximate surface area is 194 Å². The number of rotatable bonds is 3. The van der Waals surface area contributed by atoms with Crippen LogP contribution in [0.1, 0.15) is 71.1 Å². The molecule has 0 spiro atoms. The minimum Gasteiger partial charge on any atom is -0.504 e. The van der Waals surface area contributed by atoms with Gasteiger partial charge in [-0.15, -0.1) is 0 Å². The van der Waals surface area contributed by atoms with E-state index in [1.165, 1.54) is 12.5 Å². The van der Waals surface area contributed by atoms with Crippen molar-refractivity contribution in [2.24, 2.45) is 17.8 Å². The summed E-state index contributed by atoms with van der Waals surface area (Å²) < 4.78 is 5.78. The third-order valence-electron chi connectivity index (χ3n) is 6.34. The van der Waals surface area contributed by atoms with Gasteiger partial charge in [-0.25, -0.2) is 4.79 Å². The highest BCUT2D eigenvalue weighted by Crippen LogP contribution is 2.36. The quantitative estimate of drug-likeness (QED) is 0.480. The molecule has 3 N–H and O–H groups in total. The molecule has 0 saturated heterocycles. The van der Waals surface area contributed by atoms with Gasteiger partial charge in [0.15, 0.2) is 11.5 Å². The van der Waals surface area contributed by atoms with E-state index in [-0.39, 0.29) is 23.4 Å². The molecule has 1 saturated carbocycles.